The zero-order chi connectivity index (χ0) is 20.4. The minimum absolute atomic E-state index is 0.0200. The Bertz CT molecular complexity index is 715. The molecule has 1 N–H and O–H groups in total. The third-order valence-electron chi connectivity index (χ3n) is 5.23. The first-order valence-corrected chi connectivity index (χ1v) is 9.88. The van der Waals surface area contributed by atoms with E-state index in [4.69, 9.17) is 14.2 Å². The smallest absolute Gasteiger partial charge is 0.239 e. The van der Waals surface area contributed by atoms with E-state index in [1.807, 2.05) is 26.0 Å². The van der Waals surface area contributed by atoms with Crippen LogP contribution in [0.25, 0.3) is 0 Å². The number of anilines is 1. The van der Waals surface area contributed by atoms with E-state index in [0.29, 0.717) is 50.6 Å². The molecular weight excluding hydrogens is 360 g/mol. The van der Waals surface area contributed by atoms with E-state index < -0.39 is 11.2 Å². The van der Waals surface area contributed by atoms with Crippen molar-refractivity contribution < 1.29 is 23.8 Å². The van der Waals surface area contributed by atoms with Gasteiger partial charge >= 0.3 is 0 Å². The molecule has 1 aromatic rings. The Kier molecular flexibility index (Phi) is 5.95. The number of carbonyl (C=O) groups excluding carboxylic acids is 2. The first-order chi connectivity index (χ1) is 13.2. The normalized spacial score (nSPS) is 19.1. The van der Waals surface area contributed by atoms with E-state index in [1.54, 1.807) is 30.9 Å². The molecule has 0 atom stereocenters. The monoisotopic (exact) mass is 390 g/mol. The molecule has 2 aliphatic heterocycles. The van der Waals surface area contributed by atoms with Gasteiger partial charge in [0.1, 0.15) is 11.2 Å². The number of nitrogens with one attached hydrogen (secondary N) is 1. The minimum Gasteiger partial charge on any atom is -0.489 e. The average molecular weight is 390 g/mol. The maximum absolute atomic E-state index is 13.1. The fourth-order valence-corrected chi connectivity index (χ4v) is 3.53. The second-order valence-electron chi connectivity index (χ2n) is 8.14. The summed E-state index contributed by atoms with van der Waals surface area (Å²) in [6.45, 7) is 9.39. The molecule has 0 bridgehead atoms. The molecule has 154 valence electrons. The van der Waals surface area contributed by atoms with Gasteiger partial charge < -0.3 is 24.4 Å². The van der Waals surface area contributed by atoms with E-state index in [9.17, 15) is 9.59 Å². The van der Waals surface area contributed by atoms with Crippen LogP contribution in [0.1, 0.15) is 40.5 Å². The van der Waals surface area contributed by atoms with E-state index in [2.05, 4.69) is 5.32 Å². The molecule has 0 saturated carbocycles. The van der Waals surface area contributed by atoms with Crippen LogP contribution in [0.5, 0.6) is 5.75 Å². The zero-order valence-electron chi connectivity index (χ0n) is 17.1. The standard InChI is InChI=1S/C21H30N2O5/c1-15(2)28-17-8-6-5-7-16(17)22-18(24)20(3,4)19(25)23-11-9-21(10-12-23)26-13-14-27-21/h5-8,15H,9-14H2,1-4H3,(H,22,24). The molecule has 1 spiro atoms. The lowest BCUT2D eigenvalue weighted by atomic mass is 9.88. The largest absolute Gasteiger partial charge is 0.489 e. The lowest BCUT2D eigenvalue weighted by Gasteiger charge is -2.40. The fraction of sp³-hybridized carbons (Fsp3) is 0.619. The van der Waals surface area contributed by atoms with E-state index in [1.165, 1.54) is 0 Å². The average Bonchev–Trinajstić information content (AvgIpc) is 3.11. The van der Waals surface area contributed by atoms with E-state index in [0.717, 1.165) is 0 Å². The Morgan fingerprint density at radius 2 is 1.75 bits per heavy atom. The summed E-state index contributed by atoms with van der Waals surface area (Å²) in [5.41, 5.74) is -0.639. The minimum atomic E-state index is -1.20. The van der Waals surface area contributed by atoms with Crippen LogP contribution in [0.3, 0.4) is 0 Å². The Labute approximate surface area is 166 Å². The van der Waals surface area contributed by atoms with Crippen LogP contribution in [-0.2, 0) is 19.1 Å². The Hall–Kier alpha value is -2.12. The number of amides is 2. The third kappa shape index (κ3) is 4.31. The Balaban J connectivity index is 1.65. The predicted octanol–water partition coefficient (Wildman–Crippen LogP) is 2.80. The van der Waals surface area contributed by atoms with Crippen molar-refractivity contribution in [3.8, 4) is 5.75 Å². The summed E-state index contributed by atoms with van der Waals surface area (Å²) in [4.78, 5) is 27.7. The van der Waals surface area contributed by atoms with Crippen molar-refractivity contribution in [2.75, 3.05) is 31.6 Å². The van der Waals surface area contributed by atoms with Gasteiger partial charge in [-0.3, -0.25) is 9.59 Å². The summed E-state index contributed by atoms with van der Waals surface area (Å²) >= 11 is 0. The van der Waals surface area contributed by atoms with Gasteiger partial charge in [-0.15, -0.1) is 0 Å². The second-order valence-corrected chi connectivity index (χ2v) is 8.14. The zero-order valence-corrected chi connectivity index (χ0v) is 17.1. The van der Waals surface area contributed by atoms with Gasteiger partial charge in [0.2, 0.25) is 11.8 Å². The molecule has 7 heteroatoms. The van der Waals surface area contributed by atoms with Crippen molar-refractivity contribution in [1.29, 1.82) is 0 Å². The SMILES string of the molecule is CC(C)Oc1ccccc1NC(=O)C(C)(C)C(=O)N1CCC2(CC1)OCCO2. The number of carbonyl (C=O) groups is 2. The van der Waals surface area contributed by atoms with Gasteiger partial charge in [0.25, 0.3) is 0 Å². The molecule has 28 heavy (non-hydrogen) atoms. The number of benzene rings is 1. The fourth-order valence-electron chi connectivity index (χ4n) is 3.53. The molecule has 7 nitrogen and oxygen atoms in total. The molecule has 2 fully saturated rings. The van der Waals surface area contributed by atoms with Crippen LogP contribution in [0.4, 0.5) is 5.69 Å². The van der Waals surface area contributed by atoms with Gasteiger partial charge in [-0.05, 0) is 39.8 Å². The topological polar surface area (TPSA) is 77.1 Å². The maximum Gasteiger partial charge on any atom is 0.239 e. The molecule has 1 aromatic carbocycles. The number of para-hydroxylation sites is 2. The highest BCUT2D eigenvalue weighted by Crippen LogP contribution is 2.34. The molecule has 2 amide bonds. The predicted molar refractivity (Wildman–Crippen MR) is 105 cm³/mol. The van der Waals surface area contributed by atoms with Gasteiger partial charge in [0.05, 0.1) is 25.0 Å². The third-order valence-corrected chi connectivity index (χ3v) is 5.23. The van der Waals surface area contributed by atoms with Crippen LogP contribution in [0.15, 0.2) is 24.3 Å². The molecule has 2 aliphatic rings. The molecule has 2 heterocycles. The molecule has 0 radical (unpaired) electrons. The lowest BCUT2D eigenvalue weighted by molar-refractivity contribution is -0.189. The second kappa shape index (κ2) is 8.09. The van der Waals surface area contributed by atoms with Gasteiger partial charge in [-0.1, -0.05) is 12.1 Å². The number of likely N-dealkylation sites (tertiary alicyclic amines) is 1. The van der Waals surface area contributed by atoms with Crippen molar-refractivity contribution in [2.45, 2.75) is 52.4 Å². The van der Waals surface area contributed by atoms with Crippen LogP contribution in [-0.4, -0.2) is 54.9 Å². The summed E-state index contributed by atoms with van der Waals surface area (Å²) in [6, 6.07) is 7.25. The number of hydrogen-bond donors (Lipinski definition) is 1. The Morgan fingerprint density at radius 1 is 1.14 bits per heavy atom. The molecule has 0 unspecified atom stereocenters. The van der Waals surface area contributed by atoms with Crippen LogP contribution < -0.4 is 10.1 Å². The highest BCUT2D eigenvalue weighted by atomic mass is 16.7. The lowest BCUT2D eigenvalue weighted by Crippen LogP contribution is -2.53. The number of nitrogens with zero attached hydrogens (tertiary/aromatic N) is 1. The van der Waals surface area contributed by atoms with Crippen molar-refractivity contribution in [3.63, 3.8) is 0 Å². The number of hydrogen-bond acceptors (Lipinski definition) is 5. The Morgan fingerprint density at radius 3 is 2.36 bits per heavy atom. The van der Waals surface area contributed by atoms with Crippen LogP contribution in [0, 0.1) is 5.41 Å². The summed E-state index contributed by atoms with van der Waals surface area (Å²) in [7, 11) is 0. The molecule has 3 rings (SSSR count). The van der Waals surface area contributed by atoms with Gasteiger partial charge in [0, 0.05) is 25.9 Å². The number of piperidine rings is 1. The van der Waals surface area contributed by atoms with Gasteiger partial charge in [-0.25, -0.2) is 0 Å². The summed E-state index contributed by atoms with van der Waals surface area (Å²) in [6.07, 6.45) is 1.23. The molecule has 0 aromatic heterocycles. The first kappa shape index (κ1) is 20.6. The first-order valence-electron chi connectivity index (χ1n) is 9.88. The van der Waals surface area contributed by atoms with Crippen molar-refractivity contribution >= 4 is 17.5 Å². The highest BCUT2D eigenvalue weighted by Gasteiger charge is 2.45. The van der Waals surface area contributed by atoms with Crippen molar-refractivity contribution in [3.05, 3.63) is 24.3 Å². The van der Waals surface area contributed by atoms with Crippen molar-refractivity contribution in [2.24, 2.45) is 5.41 Å². The van der Waals surface area contributed by atoms with E-state index in [-0.39, 0.29) is 17.9 Å². The van der Waals surface area contributed by atoms with Crippen LogP contribution >= 0.6 is 0 Å². The summed E-state index contributed by atoms with van der Waals surface area (Å²) in [5.74, 6) is -0.508. The summed E-state index contributed by atoms with van der Waals surface area (Å²) < 4.78 is 17.2. The number of rotatable bonds is 5. The molecule has 2 saturated heterocycles. The van der Waals surface area contributed by atoms with Crippen molar-refractivity contribution in [1.82, 2.24) is 4.90 Å². The van der Waals surface area contributed by atoms with Crippen LogP contribution in [0.2, 0.25) is 0 Å². The molecule has 0 aliphatic carbocycles. The molecular formula is C21H30N2O5. The maximum atomic E-state index is 13.1. The van der Waals surface area contributed by atoms with Gasteiger partial charge in [0.15, 0.2) is 5.79 Å². The van der Waals surface area contributed by atoms with Gasteiger partial charge in [-0.2, -0.15) is 0 Å². The number of ether oxygens (including phenoxy) is 3. The summed E-state index contributed by atoms with van der Waals surface area (Å²) in [5, 5.41) is 2.86. The van der Waals surface area contributed by atoms with E-state index >= 15 is 0 Å². The quantitative estimate of drug-likeness (QED) is 0.783. The highest BCUT2D eigenvalue weighted by molar-refractivity contribution is 6.10.